The number of H-pyrrole nitrogens is 1. The molecule has 3 aromatic rings. The van der Waals surface area contributed by atoms with Gasteiger partial charge in [0.15, 0.2) is 0 Å². The van der Waals surface area contributed by atoms with Crippen molar-refractivity contribution in [2.45, 2.75) is 39.0 Å². The van der Waals surface area contributed by atoms with E-state index in [-0.39, 0.29) is 11.7 Å². The van der Waals surface area contributed by atoms with Crippen molar-refractivity contribution in [2.24, 2.45) is 5.92 Å². The minimum absolute atomic E-state index is 0.234. The first kappa shape index (κ1) is 18.7. The van der Waals surface area contributed by atoms with Crippen LogP contribution < -0.4 is 0 Å². The van der Waals surface area contributed by atoms with Gasteiger partial charge in [-0.3, -0.25) is 9.78 Å². The van der Waals surface area contributed by atoms with Crippen LogP contribution in [0.2, 0.25) is 0 Å². The van der Waals surface area contributed by atoms with Gasteiger partial charge in [-0.05, 0) is 67.5 Å². The van der Waals surface area contributed by atoms with Crippen LogP contribution in [0.5, 0.6) is 0 Å². The number of fused-ring (bicyclic) bond motifs is 1. The van der Waals surface area contributed by atoms with Crippen molar-refractivity contribution < 1.29 is 9.18 Å². The summed E-state index contributed by atoms with van der Waals surface area (Å²) in [5.41, 5.74) is 3.69. The van der Waals surface area contributed by atoms with Gasteiger partial charge in [-0.2, -0.15) is 0 Å². The predicted octanol–water partition coefficient (Wildman–Crippen LogP) is 4.95. The van der Waals surface area contributed by atoms with Crippen LogP contribution in [0.4, 0.5) is 4.39 Å². The number of benzene rings is 1. The fourth-order valence-corrected chi connectivity index (χ4v) is 4.04. The number of hydrogen-bond acceptors (Lipinski definition) is 2. The monoisotopic (exact) mass is 379 g/mol. The van der Waals surface area contributed by atoms with Crippen LogP contribution in [-0.2, 0) is 11.2 Å². The van der Waals surface area contributed by atoms with Crippen LogP contribution in [0.15, 0.2) is 42.6 Å². The van der Waals surface area contributed by atoms with Crippen molar-refractivity contribution in [3.8, 4) is 11.4 Å². The van der Waals surface area contributed by atoms with Gasteiger partial charge < -0.3 is 9.88 Å². The van der Waals surface area contributed by atoms with Crippen LogP contribution in [0.25, 0.3) is 22.3 Å². The molecular formula is C23H26FN3O. The third-order valence-corrected chi connectivity index (χ3v) is 5.74. The van der Waals surface area contributed by atoms with Gasteiger partial charge in [-0.1, -0.05) is 13.0 Å². The molecule has 4 rings (SSSR count). The number of carbonyl (C=O) groups excluding carboxylic acids is 1. The molecular weight excluding hydrogens is 353 g/mol. The third-order valence-electron chi connectivity index (χ3n) is 5.74. The van der Waals surface area contributed by atoms with Crippen LogP contribution in [0.3, 0.4) is 0 Å². The molecule has 0 aliphatic carbocycles. The summed E-state index contributed by atoms with van der Waals surface area (Å²) in [6.45, 7) is 3.99. The second-order valence-electron chi connectivity index (χ2n) is 7.80. The number of rotatable bonds is 5. The summed E-state index contributed by atoms with van der Waals surface area (Å²) in [5.74, 6) is 0.697. The molecule has 1 aromatic carbocycles. The Morgan fingerprint density at radius 2 is 2.07 bits per heavy atom. The molecule has 4 nitrogen and oxygen atoms in total. The van der Waals surface area contributed by atoms with E-state index in [1.807, 2.05) is 23.1 Å². The fraction of sp³-hybridized carbons (Fsp3) is 0.391. The van der Waals surface area contributed by atoms with Gasteiger partial charge in [0.2, 0.25) is 5.91 Å². The van der Waals surface area contributed by atoms with Crippen molar-refractivity contribution in [3.05, 3.63) is 54.0 Å². The van der Waals surface area contributed by atoms with Crippen LogP contribution in [-0.4, -0.2) is 33.9 Å². The highest BCUT2D eigenvalue weighted by Gasteiger charge is 2.20. The number of nitrogens with one attached hydrogen (secondary N) is 1. The van der Waals surface area contributed by atoms with Gasteiger partial charge in [-0.25, -0.2) is 4.39 Å². The first-order valence-corrected chi connectivity index (χ1v) is 10.1. The molecule has 1 aliphatic rings. The van der Waals surface area contributed by atoms with Gasteiger partial charge in [0.1, 0.15) is 5.82 Å². The molecule has 1 saturated heterocycles. The first-order valence-electron chi connectivity index (χ1n) is 10.1. The molecule has 0 unspecified atom stereocenters. The number of nitrogens with zero attached hydrogens (tertiary/aromatic N) is 2. The minimum atomic E-state index is -0.251. The Morgan fingerprint density at radius 1 is 1.25 bits per heavy atom. The Kier molecular flexibility index (Phi) is 5.42. The summed E-state index contributed by atoms with van der Waals surface area (Å²) in [6.07, 6.45) is 5.93. The second kappa shape index (κ2) is 8.13. The van der Waals surface area contributed by atoms with Crippen LogP contribution >= 0.6 is 0 Å². The quantitative estimate of drug-likeness (QED) is 0.682. The van der Waals surface area contributed by atoms with E-state index in [1.165, 1.54) is 6.07 Å². The molecule has 1 fully saturated rings. The van der Waals surface area contributed by atoms with Gasteiger partial charge in [0.25, 0.3) is 0 Å². The standard InChI is InChI=1S/C23H26FN3O/c1-16-10-13-27(14-11-16)22(28)7-4-5-18-19-15-17(24)8-9-20(19)26-23(18)21-6-2-3-12-25-21/h2-3,6,8-9,12,15-16,26H,4-5,7,10-11,13-14H2,1H3. The maximum Gasteiger partial charge on any atom is 0.222 e. The van der Waals surface area contributed by atoms with Crippen molar-refractivity contribution in [3.63, 3.8) is 0 Å². The van der Waals surface area contributed by atoms with E-state index in [0.29, 0.717) is 18.8 Å². The number of halogens is 1. The van der Waals surface area contributed by atoms with Crippen molar-refractivity contribution in [2.75, 3.05) is 13.1 Å². The fourth-order valence-electron chi connectivity index (χ4n) is 4.04. The smallest absolute Gasteiger partial charge is 0.222 e. The molecule has 2 aromatic heterocycles. The lowest BCUT2D eigenvalue weighted by Crippen LogP contribution is -2.37. The highest BCUT2D eigenvalue weighted by molar-refractivity contribution is 5.90. The van der Waals surface area contributed by atoms with Gasteiger partial charge in [-0.15, -0.1) is 0 Å². The summed E-state index contributed by atoms with van der Waals surface area (Å²) >= 11 is 0. The van der Waals surface area contributed by atoms with E-state index < -0.39 is 0 Å². The average molecular weight is 379 g/mol. The predicted molar refractivity (Wildman–Crippen MR) is 109 cm³/mol. The number of aryl methyl sites for hydroxylation is 1. The Morgan fingerprint density at radius 3 is 2.82 bits per heavy atom. The number of amides is 1. The molecule has 0 saturated carbocycles. The molecule has 5 heteroatoms. The summed E-state index contributed by atoms with van der Waals surface area (Å²) in [7, 11) is 0. The zero-order chi connectivity index (χ0) is 19.5. The van der Waals surface area contributed by atoms with Crippen LogP contribution in [0, 0.1) is 11.7 Å². The van der Waals surface area contributed by atoms with E-state index in [0.717, 1.165) is 60.2 Å². The molecule has 0 radical (unpaired) electrons. The number of likely N-dealkylation sites (tertiary alicyclic amines) is 1. The summed E-state index contributed by atoms with van der Waals surface area (Å²) in [4.78, 5) is 22.4. The summed E-state index contributed by atoms with van der Waals surface area (Å²) in [6, 6.07) is 10.6. The molecule has 1 amide bonds. The summed E-state index contributed by atoms with van der Waals surface area (Å²) in [5, 5.41) is 0.875. The number of carbonyl (C=O) groups is 1. The normalized spacial score (nSPS) is 15.3. The van der Waals surface area contributed by atoms with Gasteiger partial charge in [0.05, 0.1) is 11.4 Å². The summed E-state index contributed by atoms with van der Waals surface area (Å²) < 4.78 is 13.9. The number of pyridine rings is 1. The zero-order valence-electron chi connectivity index (χ0n) is 16.2. The second-order valence-corrected chi connectivity index (χ2v) is 7.80. The Labute approximate surface area is 164 Å². The minimum Gasteiger partial charge on any atom is -0.353 e. The zero-order valence-corrected chi connectivity index (χ0v) is 16.2. The number of piperidine rings is 1. The number of aromatic nitrogens is 2. The SMILES string of the molecule is CC1CCN(C(=O)CCCc2c(-c3ccccn3)[nH]c3ccc(F)cc23)CC1. The third kappa shape index (κ3) is 3.93. The number of hydrogen-bond donors (Lipinski definition) is 1. The lowest BCUT2D eigenvalue weighted by atomic mass is 9.98. The van der Waals surface area contributed by atoms with Gasteiger partial charge >= 0.3 is 0 Å². The van der Waals surface area contributed by atoms with E-state index in [9.17, 15) is 9.18 Å². The maximum atomic E-state index is 13.9. The molecule has 0 spiro atoms. The maximum absolute atomic E-state index is 13.9. The lowest BCUT2D eigenvalue weighted by molar-refractivity contribution is -0.132. The lowest BCUT2D eigenvalue weighted by Gasteiger charge is -2.30. The van der Waals surface area contributed by atoms with Crippen LogP contribution in [0.1, 0.15) is 38.2 Å². The Bertz CT molecular complexity index is 959. The van der Waals surface area contributed by atoms with Crippen molar-refractivity contribution >= 4 is 16.8 Å². The van der Waals surface area contributed by atoms with E-state index >= 15 is 0 Å². The molecule has 0 bridgehead atoms. The van der Waals surface area contributed by atoms with Gasteiger partial charge in [0, 0.05) is 36.6 Å². The Hall–Kier alpha value is -2.69. The van der Waals surface area contributed by atoms with E-state index in [1.54, 1.807) is 18.3 Å². The highest BCUT2D eigenvalue weighted by atomic mass is 19.1. The van der Waals surface area contributed by atoms with Crippen molar-refractivity contribution in [1.29, 1.82) is 0 Å². The molecule has 3 heterocycles. The molecule has 1 aliphatic heterocycles. The highest BCUT2D eigenvalue weighted by Crippen LogP contribution is 2.31. The molecule has 146 valence electrons. The van der Waals surface area contributed by atoms with E-state index in [2.05, 4.69) is 16.9 Å². The average Bonchev–Trinajstić information content (AvgIpc) is 3.07. The van der Waals surface area contributed by atoms with E-state index in [4.69, 9.17) is 0 Å². The molecule has 1 N–H and O–H groups in total. The van der Waals surface area contributed by atoms with Crippen molar-refractivity contribution in [1.82, 2.24) is 14.9 Å². The largest absolute Gasteiger partial charge is 0.353 e. The first-order chi connectivity index (χ1) is 13.6. The topological polar surface area (TPSA) is 49.0 Å². The number of aromatic amines is 1. The Balaban J connectivity index is 1.52. The molecule has 28 heavy (non-hydrogen) atoms. The molecule has 0 atom stereocenters.